The van der Waals surface area contributed by atoms with E-state index < -0.39 is 5.91 Å². The Bertz CT molecular complexity index is 1000. The second-order valence-electron chi connectivity index (χ2n) is 5.97. The summed E-state index contributed by atoms with van der Waals surface area (Å²) in [7, 11) is 0. The fourth-order valence-corrected chi connectivity index (χ4v) is 4.72. The van der Waals surface area contributed by atoms with Gasteiger partial charge in [-0.15, -0.1) is 11.3 Å². The van der Waals surface area contributed by atoms with Gasteiger partial charge in [-0.1, -0.05) is 35.5 Å². The maximum atomic E-state index is 12.3. The first-order chi connectivity index (χ1) is 13.4. The Balaban J connectivity index is 1.57. The highest BCUT2D eigenvalue weighted by atomic mass is 35.5. The van der Waals surface area contributed by atoms with Gasteiger partial charge >= 0.3 is 0 Å². The Labute approximate surface area is 175 Å². The van der Waals surface area contributed by atoms with Crippen LogP contribution < -0.4 is 11.1 Å². The van der Waals surface area contributed by atoms with Gasteiger partial charge in [0.25, 0.3) is 0 Å². The number of aryl methyl sites for hydroxylation is 1. The van der Waals surface area contributed by atoms with Crippen LogP contribution in [0.4, 0.5) is 5.82 Å². The van der Waals surface area contributed by atoms with E-state index in [9.17, 15) is 9.59 Å². The van der Waals surface area contributed by atoms with Crippen molar-refractivity contribution >= 4 is 52.3 Å². The molecular weight excluding hydrogens is 418 g/mol. The molecule has 3 N–H and O–H groups in total. The van der Waals surface area contributed by atoms with Gasteiger partial charge < -0.3 is 11.1 Å². The molecule has 7 nitrogen and oxygen atoms in total. The first-order valence-electron chi connectivity index (χ1n) is 8.34. The summed E-state index contributed by atoms with van der Waals surface area (Å²) >= 11 is 8.72. The van der Waals surface area contributed by atoms with Crippen molar-refractivity contribution in [2.24, 2.45) is 5.73 Å². The quantitative estimate of drug-likeness (QED) is 0.529. The monoisotopic (exact) mass is 435 g/mol. The molecule has 2 heterocycles. The topological polar surface area (TPSA) is 103 Å². The minimum absolute atomic E-state index is 0.165. The first kappa shape index (κ1) is 20.4. The molecule has 10 heteroatoms. The third kappa shape index (κ3) is 5.57. The molecule has 0 unspecified atom stereocenters. The lowest BCUT2D eigenvalue weighted by atomic mass is 10.2. The number of halogens is 1. The van der Waals surface area contributed by atoms with Gasteiger partial charge in [-0.2, -0.15) is 5.10 Å². The van der Waals surface area contributed by atoms with Crippen LogP contribution in [0.3, 0.4) is 0 Å². The predicted molar refractivity (Wildman–Crippen MR) is 112 cm³/mol. The standard InChI is InChI=1S/C18H18ClN5O2S2/c1-11-14(8-15(20)25)28-18(22-11)27-10-17(26)23-16-5-6-21-24(16)9-12-3-2-4-13(19)7-12/h2-7H,8-10H2,1H3,(H2,20,25)(H,23,26). The van der Waals surface area contributed by atoms with E-state index in [2.05, 4.69) is 15.4 Å². The van der Waals surface area contributed by atoms with Crippen molar-refractivity contribution in [2.75, 3.05) is 11.1 Å². The molecule has 0 bridgehead atoms. The Kier molecular flexibility index (Phi) is 6.71. The van der Waals surface area contributed by atoms with Crippen LogP contribution in [0, 0.1) is 6.92 Å². The molecule has 1 aromatic carbocycles. The molecule has 3 aromatic rings. The molecule has 0 spiro atoms. The lowest BCUT2D eigenvalue weighted by Gasteiger charge is -2.09. The van der Waals surface area contributed by atoms with Gasteiger partial charge in [-0.3, -0.25) is 9.59 Å². The summed E-state index contributed by atoms with van der Waals surface area (Å²) in [4.78, 5) is 28.6. The lowest BCUT2D eigenvalue weighted by Crippen LogP contribution is -2.17. The summed E-state index contributed by atoms with van der Waals surface area (Å²) in [6, 6.07) is 9.23. The zero-order chi connectivity index (χ0) is 20.1. The van der Waals surface area contributed by atoms with E-state index in [0.717, 1.165) is 20.5 Å². The number of rotatable bonds is 8. The zero-order valence-corrected chi connectivity index (χ0v) is 17.4. The highest BCUT2D eigenvalue weighted by molar-refractivity contribution is 8.01. The van der Waals surface area contributed by atoms with Gasteiger partial charge in [0.2, 0.25) is 11.8 Å². The summed E-state index contributed by atoms with van der Waals surface area (Å²) < 4.78 is 2.43. The maximum absolute atomic E-state index is 12.3. The van der Waals surface area contributed by atoms with Crippen LogP contribution in [-0.4, -0.2) is 32.3 Å². The number of primary amides is 1. The summed E-state index contributed by atoms with van der Waals surface area (Å²) in [6.45, 7) is 2.33. The number of nitrogens with zero attached hydrogens (tertiary/aromatic N) is 3. The van der Waals surface area contributed by atoms with Crippen molar-refractivity contribution in [3.05, 3.63) is 57.7 Å². The number of benzene rings is 1. The molecule has 0 atom stereocenters. The van der Waals surface area contributed by atoms with Crippen LogP contribution in [0.5, 0.6) is 0 Å². The second kappa shape index (κ2) is 9.22. The van der Waals surface area contributed by atoms with Crippen molar-refractivity contribution in [1.82, 2.24) is 14.8 Å². The average molecular weight is 436 g/mol. The number of hydrogen-bond acceptors (Lipinski definition) is 6. The van der Waals surface area contributed by atoms with Crippen LogP contribution in [0.1, 0.15) is 16.1 Å². The van der Waals surface area contributed by atoms with Crippen LogP contribution in [-0.2, 0) is 22.6 Å². The molecule has 0 aliphatic rings. The minimum Gasteiger partial charge on any atom is -0.369 e. The fraction of sp³-hybridized carbons (Fsp3) is 0.222. The fourth-order valence-electron chi connectivity index (χ4n) is 2.46. The molecule has 0 aliphatic carbocycles. The van der Waals surface area contributed by atoms with Gasteiger partial charge in [0.15, 0.2) is 4.34 Å². The zero-order valence-electron chi connectivity index (χ0n) is 15.0. The van der Waals surface area contributed by atoms with Crippen LogP contribution >= 0.6 is 34.7 Å². The van der Waals surface area contributed by atoms with Crippen molar-refractivity contribution in [1.29, 1.82) is 0 Å². The average Bonchev–Trinajstić information content (AvgIpc) is 3.19. The Morgan fingerprint density at radius 3 is 2.93 bits per heavy atom. The van der Waals surface area contributed by atoms with Gasteiger partial charge in [0.1, 0.15) is 5.82 Å². The largest absolute Gasteiger partial charge is 0.369 e. The van der Waals surface area contributed by atoms with Crippen molar-refractivity contribution in [2.45, 2.75) is 24.2 Å². The Morgan fingerprint density at radius 1 is 1.36 bits per heavy atom. The van der Waals surface area contributed by atoms with Crippen LogP contribution in [0.2, 0.25) is 5.02 Å². The Hall–Kier alpha value is -2.36. The van der Waals surface area contributed by atoms with Crippen LogP contribution in [0.25, 0.3) is 0 Å². The molecule has 2 aromatic heterocycles. The van der Waals surface area contributed by atoms with Gasteiger partial charge in [-0.25, -0.2) is 9.67 Å². The van der Waals surface area contributed by atoms with E-state index >= 15 is 0 Å². The molecule has 0 saturated heterocycles. The van der Waals surface area contributed by atoms with Crippen molar-refractivity contribution in [3.8, 4) is 0 Å². The smallest absolute Gasteiger partial charge is 0.235 e. The summed E-state index contributed by atoms with van der Waals surface area (Å²) in [5.41, 5.74) is 6.99. The number of carbonyl (C=O) groups is 2. The van der Waals surface area contributed by atoms with Gasteiger partial charge in [-0.05, 0) is 24.6 Å². The first-order valence-corrected chi connectivity index (χ1v) is 10.5. The minimum atomic E-state index is -0.394. The highest BCUT2D eigenvalue weighted by Gasteiger charge is 2.13. The predicted octanol–water partition coefficient (Wildman–Crippen LogP) is 3.11. The number of thiazole rings is 1. The van der Waals surface area contributed by atoms with E-state index in [1.54, 1.807) is 16.9 Å². The molecule has 3 rings (SSSR count). The summed E-state index contributed by atoms with van der Waals surface area (Å²) in [5.74, 6) is 0.247. The molecule has 0 radical (unpaired) electrons. The molecule has 2 amide bonds. The van der Waals surface area contributed by atoms with E-state index in [0.29, 0.717) is 17.4 Å². The summed E-state index contributed by atoms with van der Waals surface area (Å²) in [5, 5.41) is 7.77. The number of hydrogen-bond donors (Lipinski definition) is 2. The van der Waals surface area contributed by atoms with Crippen molar-refractivity contribution < 1.29 is 9.59 Å². The second-order valence-corrected chi connectivity index (χ2v) is 8.71. The van der Waals surface area contributed by atoms with Crippen LogP contribution in [0.15, 0.2) is 40.9 Å². The van der Waals surface area contributed by atoms with Gasteiger partial charge in [0.05, 0.1) is 30.6 Å². The molecule has 146 valence electrons. The van der Waals surface area contributed by atoms with E-state index in [1.807, 2.05) is 31.2 Å². The molecule has 0 fully saturated rings. The lowest BCUT2D eigenvalue weighted by molar-refractivity contribution is -0.117. The normalized spacial score (nSPS) is 10.8. The number of carbonyl (C=O) groups excluding carboxylic acids is 2. The van der Waals surface area contributed by atoms with Crippen molar-refractivity contribution in [3.63, 3.8) is 0 Å². The maximum Gasteiger partial charge on any atom is 0.235 e. The number of amides is 2. The van der Waals surface area contributed by atoms with E-state index in [-0.39, 0.29) is 18.1 Å². The number of nitrogens with two attached hydrogens (primary N) is 1. The number of nitrogens with one attached hydrogen (secondary N) is 1. The third-order valence-electron chi connectivity index (χ3n) is 3.74. The number of aromatic nitrogens is 3. The number of anilines is 1. The molecule has 0 saturated carbocycles. The molecular formula is C18H18ClN5O2S2. The van der Waals surface area contributed by atoms with E-state index in [1.165, 1.54) is 23.1 Å². The van der Waals surface area contributed by atoms with E-state index in [4.69, 9.17) is 17.3 Å². The summed E-state index contributed by atoms with van der Waals surface area (Å²) in [6.07, 6.45) is 1.80. The third-order valence-corrected chi connectivity index (χ3v) is 6.28. The molecule has 0 aliphatic heterocycles. The number of thioether (sulfide) groups is 1. The SMILES string of the molecule is Cc1nc(SCC(=O)Nc2ccnn2Cc2cccc(Cl)c2)sc1CC(N)=O. The highest BCUT2D eigenvalue weighted by Crippen LogP contribution is 2.27. The Morgan fingerprint density at radius 2 is 2.18 bits per heavy atom. The van der Waals surface area contributed by atoms with Gasteiger partial charge in [0, 0.05) is 16.0 Å². The molecule has 28 heavy (non-hydrogen) atoms.